The fraction of sp³-hybridized carbons (Fsp3) is 0.409. The zero-order chi connectivity index (χ0) is 19.4. The normalized spacial score (nSPS) is 18.0. The molecule has 1 aromatic carbocycles. The number of carbonyl (C=O) groups is 1. The molecule has 0 atom stereocenters. The van der Waals surface area contributed by atoms with Crippen molar-refractivity contribution in [3.05, 3.63) is 52.2 Å². The molecule has 0 unspecified atom stereocenters. The summed E-state index contributed by atoms with van der Waals surface area (Å²) in [4.78, 5) is 23.8. The summed E-state index contributed by atoms with van der Waals surface area (Å²) in [5, 5.41) is 6.04. The third-order valence-corrected chi connectivity index (χ3v) is 7.09. The molecule has 1 fully saturated rings. The van der Waals surface area contributed by atoms with Crippen LogP contribution in [-0.2, 0) is 11.2 Å². The highest BCUT2D eigenvalue weighted by Crippen LogP contribution is 2.39. The molecule has 146 valence electrons. The van der Waals surface area contributed by atoms with Gasteiger partial charge in [0.2, 0.25) is 5.91 Å². The van der Waals surface area contributed by atoms with E-state index in [0.29, 0.717) is 5.75 Å². The second kappa shape index (κ2) is 8.62. The average molecular weight is 412 g/mol. The van der Waals surface area contributed by atoms with Crippen LogP contribution in [0.4, 0.5) is 5.69 Å². The number of thiophene rings is 1. The molecule has 0 radical (unpaired) electrons. The van der Waals surface area contributed by atoms with Gasteiger partial charge in [-0.2, -0.15) is 0 Å². The Kier molecular flexibility index (Phi) is 5.97. The summed E-state index contributed by atoms with van der Waals surface area (Å²) in [5.41, 5.74) is 2.75. The first-order valence-electron chi connectivity index (χ1n) is 9.94. The van der Waals surface area contributed by atoms with Crippen molar-refractivity contribution >= 4 is 45.4 Å². The van der Waals surface area contributed by atoms with Gasteiger partial charge in [0.15, 0.2) is 5.66 Å². The Balaban J connectivity index is 1.47. The molecule has 4 nitrogen and oxygen atoms in total. The van der Waals surface area contributed by atoms with Crippen LogP contribution in [0, 0.1) is 0 Å². The summed E-state index contributed by atoms with van der Waals surface area (Å²) in [6, 6.07) is 12.1. The molecule has 2 aromatic rings. The van der Waals surface area contributed by atoms with Crippen molar-refractivity contribution in [1.29, 1.82) is 0 Å². The van der Waals surface area contributed by atoms with Crippen molar-refractivity contribution in [1.82, 2.24) is 0 Å². The number of aryl methyl sites for hydroxylation is 1. The van der Waals surface area contributed by atoms with Crippen LogP contribution in [0.3, 0.4) is 0 Å². The van der Waals surface area contributed by atoms with E-state index in [4.69, 9.17) is 9.98 Å². The molecule has 0 saturated heterocycles. The van der Waals surface area contributed by atoms with Crippen molar-refractivity contribution in [2.75, 3.05) is 11.1 Å². The van der Waals surface area contributed by atoms with Crippen LogP contribution in [-0.4, -0.2) is 28.1 Å². The standard InChI is InChI=1S/C22H25N3OS2/c1-2-16-9-4-5-10-17(16)23-19(26)15-28-21-20(18-11-8-14-27-18)24-22(25-21)12-6-3-7-13-22/h4-5,8-11,14H,2-3,6-7,12-13,15H2,1H3,(H,23,26). The van der Waals surface area contributed by atoms with Crippen LogP contribution in [0.15, 0.2) is 51.8 Å². The highest BCUT2D eigenvalue weighted by Gasteiger charge is 2.38. The van der Waals surface area contributed by atoms with Crippen molar-refractivity contribution in [2.45, 2.75) is 51.1 Å². The summed E-state index contributed by atoms with van der Waals surface area (Å²) in [6.45, 7) is 2.10. The Labute approximate surface area is 174 Å². The molecule has 1 amide bonds. The highest BCUT2D eigenvalue weighted by molar-refractivity contribution is 8.16. The summed E-state index contributed by atoms with van der Waals surface area (Å²) in [7, 11) is 0. The van der Waals surface area contributed by atoms with Crippen molar-refractivity contribution in [2.24, 2.45) is 9.98 Å². The number of benzene rings is 1. The maximum Gasteiger partial charge on any atom is 0.234 e. The molecular formula is C22H25N3OS2. The Hall–Kier alpha value is -1.92. The number of nitrogens with one attached hydrogen (secondary N) is 1. The number of aliphatic imine (C=N–C) groups is 2. The van der Waals surface area contributed by atoms with Crippen LogP contribution in [0.1, 0.15) is 49.5 Å². The van der Waals surface area contributed by atoms with Gasteiger partial charge in [0.25, 0.3) is 0 Å². The van der Waals surface area contributed by atoms with Gasteiger partial charge in [-0.15, -0.1) is 11.3 Å². The molecule has 1 aliphatic carbocycles. The molecular weight excluding hydrogens is 386 g/mol. The Morgan fingerprint density at radius 2 is 1.96 bits per heavy atom. The second-order valence-electron chi connectivity index (χ2n) is 7.25. The van der Waals surface area contributed by atoms with Gasteiger partial charge in [0.05, 0.1) is 10.6 Å². The first kappa shape index (κ1) is 19.4. The minimum Gasteiger partial charge on any atom is -0.325 e. The minimum absolute atomic E-state index is 0.00345. The number of anilines is 1. The van der Waals surface area contributed by atoms with E-state index < -0.39 is 0 Å². The quantitative estimate of drug-likeness (QED) is 0.702. The SMILES string of the molecule is CCc1ccccc1NC(=O)CSC1=NC2(CCCCC2)N=C1c1cccs1. The molecule has 2 heterocycles. The van der Waals surface area contributed by atoms with Gasteiger partial charge in [0.1, 0.15) is 10.8 Å². The third kappa shape index (κ3) is 4.23. The third-order valence-electron chi connectivity index (χ3n) is 5.25. The molecule has 0 bridgehead atoms. The molecule has 1 aliphatic heterocycles. The van der Waals surface area contributed by atoms with Crippen LogP contribution in [0.25, 0.3) is 0 Å². The van der Waals surface area contributed by atoms with Crippen molar-refractivity contribution in [3.63, 3.8) is 0 Å². The molecule has 2 aliphatic rings. The largest absolute Gasteiger partial charge is 0.325 e. The van der Waals surface area contributed by atoms with Crippen LogP contribution >= 0.6 is 23.1 Å². The number of carbonyl (C=O) groups excluding carboxylic acids is 1. The van der Waals surface area contributed by atoms with E-state index in [-0.39, 0.29) is 11.6 Å². The summed E-state index contributed by atoms with van der Waals surface area (Å²) >= 11 is 3.20. The Bertz CT molecular complexity index is 896. The maximum absolute atomic E-state index is 12.6. The van der Waals surface area contributed by atoms with Gasteiger partial charge in [-0.05, 0) is 55.2 Å². The van der Waals surface area contributed by atoms with E-state index >= 15 is 0 Å². The number of para-hydroxylation sites is 1. The molecule has 1 N–H and O–H groups in total. The van der Waals surface area contributed by atoms with Crippen LogP contribution in [0.5, 0.6) is 0 Å². The van der Waals surface area contributed by atoms with E-state index in [1.165, 1.54) is 31.0 Å². The van der Waals surface area contributed by atoms with Crippen molar-refractivity contribution in [3.8, 4) is 0 Å². The minimum atomic E-state index is -0.287. The average Bonchev–Trinajstić information content (AvgIpc) is 3.36. The lowest BCUT2D eigenvalue weighted by atomic mass is 9.90. The predicted molar refractivity (Wildman–Crippen MR) is 121 cm³/mol. The van der Waals surface area contributed by atoms with Gasteiger partial charge >= 0.3 is 0 Å². The zero-order valence-electron chi connectivity index (χ0n) is 16.1. The molecule has 1 aromatic heterocycles. The Morgan fingerprint density at radius 3 is 2.71 bits per heavy atom. The lowest BCUT2D eigenvalue weighted by molar-refractivity contribution is -0.113. The maximum atomic E-state index is 12.6. The second-order valence-corrected chi connectivity index (χ2v) is 9.16. The number of hydrogen-bond acceptors (Lipinski definition) is 5. The number of rotatable bonds is 5. The highest BCUT2D eigenvalue weighted by atomic mass is 32.2. The number of hydrogen-bond donors (Lipinski definition) is 1. The van der Waals surface area contributed by atoms with E-state index in [9.17, 15) is 4.79 Å². The first-order chi connectivity index (χ1) is 13.7. The summed E-state index contributed by atoms with van der Waals surface area (Å²) < 4.78 is 0. The van der Waals surface area contributed by atoms with Crippen LogP contribution in [0.2, 0.25) is 0 Å². The fourth-order valence-electron chi connectivity index (χ4n) is 3.81. The molecule has 1 saturated carbocycles. The summed E-state index contributed by atoms with van der Waals surface area (Å²) in [5.74, 6) is 0.348. The lowest BCUT2D eigenvalue weighted by Gasteiger charge is -2.27. The molecule has 1 spiro atoms. The summed E-state index contributed by atoms with van der Waals surface area (Å²) in [6.07, 6.45) is 6.55. The van der Waals surface area contributed by atoms with Gasteiger partial charge in [-0.1, -0.05) is 49.4 Å². The zero-order valence-corrected chi connectivity index (χ0v) is 17.7. The van der Waals surface area contributed by atoms with Gasteiger partial charge in [0, 0.05) is 5.69 Å². The van der Waals surface area contributed by atoms with Gasteiger partial charge in [-0.3, -0.25) is 9.79 Å². The smallest absolute Gasteiger partial charge is 0.234 e. The molecule has 6 heteroatoms. The van der Waals surface area contributed by atoms with Gasteiger partial charge in [-0.25, -0.2) is 4.99 Å². The molecule has 28 heavy (non-hydrogen) atoms. The van der Waals surface area contributed by atoms with Crippen LogP contribution < -0.4 is 5.32 Å². The molecule has 4 rings (SSSR count). The van der Waals surface area contributed by atoms with Crippen molar-refractivity contribution < 1.29 is 4.79 Å². The van der Waals surface area contributed by atoms with E-state index in [1.54, 1.807) is 11.3 Å². The fourth-order valence-corrected chi connectivity index (χ4v) is 5.46. The predicted octanol–water partition coefficient (Wildman–Crippen LogP) is 5.54. The number of thioether (sulfide) groups is 1. The number of amides is 1. The monoisotopic (exact) mass is 411 g/mol. The number of nitrogens with zero attached hydrogens (tertiary/aromatic N) is 2. The lowest BCUT2D eigenvalue weighted by Crippen LogP contribution is -2.25. The Morgan fingerprint density at radius 1 is 1.14 bits per heavy atom. The first-order valence-corrected chi connectivity index (χ1v) is 11.8. The van der Waals surface area contributed by atoms with E-state index in [2.05, 4.69) is 29.8 Å². The topological polar surface area (TPSA) is 53.8 Å². The van der Waals surface area contributed by atoms with E-state index in [0.717, 1.165) is 46.1 Å². The van der Waals surface area contributed by atoms with E-state index in [1.807, 2.05) is 24.3 Å². The van der Waals surface area contributed by atoms with Gasteiger partial charge < -0.3 is 5.32 Å².